The van der Waals surface area contributed by atoms with Gasteiger partial charge in [-0.25, -0.2) is 14.0 Å². The van der Waals surface area contributed by atoms with Gasteiger partial charge in [0.25, 0.3) is 0 Å². The summed E-state index contributed by atoms with van der Waals surface area (Å²) < 4.78 is 20.5. The maximum absolute atomic E-state index is 15.0. The summed E-state index contributed by atoms with van der Waals surface area (Å²) in [4.78, 5) is 38.8. The molecular weight excluding hydrogens is 475 g/mol. The number of hydrogen-bond acceptors (Lipinski definition) is 5. The lowest BCUT2D eigenvalue weighted by Gasteiger charge is -2.35. The van der Waals surface area contributed by atoms with E-state index in [9.17, 15) is 24.0 Å². The Morgan fingerprint density at radius 2 is 1.81 bits per heavy atom. The van der Waals surface area contributed by atoms with Crippen LogP contribution >= 0.6 is 0 Å². The van der Waals surface area contributed by atoms with Crippen molar-refractivity contribution in [1.29, 1.82) is 5.26 Å². The highest BCUT2D eigenvalue weighted by molar-refractivity contribution is 5.89. The number of nitrogens with zero attached hydrogens (tertiary/aromatic N) is 2. The highest BCUT2D eigenvalue weighted by Gasteiger charge is 2.52. The Hall–Kier alpha value is -3.73. The Morgan fingerprint density at radius 3 is 2.41 bits per heavy atom. The predicted molar refractivity (Wildman–Crippen MR) is 134 cm³/mol. The van der Waals surface area contributed by atoms with E-state index in [2.05, 4.69) is 6.07 Å². The van der Waals surface area contributed by atoms with Crippen LogP contribution in [0.1, 0.15) is 62.4 Å². The summed E-state index contributed by atoms with van der Waals surface area (Å²) in [5.41, 5.74) is 1.04. The smallest absolute Gasteiger partial charge is 0.411 e. The van der Waals surface area contributed by atoms with Crippen LogP contribution in [0.2, 0.25) is 0 Å². The van der Waals surface area contributed by atoms with Crippen molar-refractivity contribution in [2.75, 3.05) is 0 Å². The lowest BCUT2D eigenvalue weighted by molar-refractivity contribution is -0.126. The number of ketones is 1. The molecule has 1 N–H and O–H groups in total. The zero-order valence-electron chi connectivity index (χ0n) is 21.2. The Morgan fingerprint density at radius 1 is 1.14 bits per heavy atom. The van der Waals surface area contributed by atoms with Gasteiger partial charge in [0.1, 0.15) is 11.4 Å². The molecule has 1 saturated heterocycles. The van der Waals surface area contributed by atoms with Crippen LogP contribution in [0.3, 0.4) is 0 Å². The monoisotopic (exact) mass is 506 g/mol. The van der Waals surface area contributed by atoms with E-state index in [1.165, 1.54) is 18.2 Å². The Bertz CT molecular complexity index is 1240. The number of carbonyl (C=O) groups excluding carboxylic acids is 2. The third-order valence-electron chi connectivity index (χ3n) is 7.13. The van der Waals surface area contributed by atoms with Crippen LogP contribution in [-0.2, 0) is 16.0 Å². The lowest BCUT2D eigenvalue weighted by Crippen LogP contribution is -2.51. The fourth-order valence-corrected chi connectivity index (χ4v) is 5.47. The van der Waals surface area contributed by atoms with Crippen molar-refractivity contribution in [2.24, 2.45) is 11.8 Å². The quantitative estimate of drug-likeness (QED) is 0.522. The second kappa shape index (κ2) is 10.3. The molecule has 194 valence electrons. The molecule has 0 radical (unpaired) electrons. The summed E-state index contributed by atoms with van der Waals surface area (Å²) in [5.74, 6) is -2.39. The number of nitriles is 1. The largest absolute Gasteiger partial charge is 0.478 e. The van der Waals surface area contributed by atoms with Gasteiger partial charge in [-0.3, -0.25) is 9.69 Å². The Labute approximate surface area is 215 Å². The molecule has 2 aliphatic rings. The number of piperidine rings is 1. The predicted octanol–water partition coefficient (Wildman–Crippen LogP) is 5.62. The molecule has 0 aromatic heterocycles. The molecule has 2 bridgehead atoms. The standard InChI is InChI=1S/C29H31FN2O5/c1-29(2,3)37-28(36)32-23-11-10-22(14-23)26(32)25(33)13-17(16-31)12-21-9-8-20(15-24(21)30)18-4-6-19(7-5-18)27(34)35/h4-9,15,17,22-23,26H,10-14H2,1-3H3,(H,34,35)/t17-,22+,23-,26+/m1/s1. The van der Waals surface area contributed by atoms with Gasteiger partial charge in [0.2, 0.25) is 0 Å². The van der Waals surface area contributed by atoms with Crippen LogP contribution in [0.4, 0.5) is 9.18 Å². The van der Waals surface area contributed by atoms with Gasteiger partial charge in [-0.2, -0.15) is 5.26 Å². The number of fused-ring (bicyclic) bond motifs is 2. The lowest BCUT2D eigenvalue weighted by atomic mass is 9.87. The molecule has 37 heavy (non-hydrogen) atoms. The van der Waals surface area contributed by atoms with Crippen molar-refractivity contribution in [3.05, 3.63) is 59.4 Å². The van der Waals surface area contributed by atoms with Crippen LogP contribution in [0.25, 0.3) is 11.1 Å². The van der Waals surface area contributed by atoms with Crippen LogP contribution < -0.4 is 0 Å². The number of amides is 1. The van der Waals surface area contributed by atoms with E-state index in [-0.39, 0.29) is 36.1 Å². The average molecular weight is 507 g/mol. The topological polar surface area (TPSA) is 108 Å². The van der Waals surface area contributed by atoms with E-state index in [1.54, 1.807) is 49.9 Å². The Balaban J connectivity index is 1.45. The molecular formula is C29H31FN2O5. The van der Waals surface area contributed by atoms with Crippen LogP contribution in [0, 0.1) is 29.0 Å². The molecule has 4 atom stereocenters. The minimum atomic E-state index is -1.04. The van der Waals surface area contributed by atoms with Gasteiger partial charge in [0, 0.05) is 12.5 Å². The van der Waals surface area contributed by atoms with Gasteiger partial charge in [0.05, 0.1) is 23.6 Å². The minimum absolute atomic E-state index is 0.0242. The number of carbonyl (C=O) groups is 3. The van der Waals surface area contributed by atoms with Crippen LogP contribution in [0.15, 0.2) is 42.5 Å². The molecule has 0 unspecified atom stereocenters. The van der Waals surface area contributed by atoms with Crippen molar-refractivity contribution in [3.63, 3.8) is 0 Å². The average Bonchev–Trinajstić information content (AvgIpc) is 3.45. The first-order chi connectivity index (χ1) is 17.5. The van der Waals surface area contributed by atoms with Crippen molar-refractivity contribution < 1.29 is 28.6 Å². The third kappa shape index (κ3) is 5.82. The summed E-state index contributed by atoms with van der Waals surface area (Å²) in [7, 11) is 0. The number of hydrogen-bond donors (Lipinski definition) is 1. The molecule has 1 amide bonds. The molecule has 1 aliphatic heterocycles. The molecule has 1 heterocycles. The fraction of sp³-hybridized carbons (Fsp3) is 0.448. The highest BCUT2D eigenvalue weighted by atomic mass is 19.1. The molecule has 1 aliphatic carbocycles. The summed E-state index contributed by atoms with van der Waals surface area (Å²) in [6, 6.07) is 12.3. The number of benzene rings is 2. The number of carboxylic acids is 1. The maximum Gasteiger partial charge on any atom is 0.411 e. The first kappa shape index (κ1) is 26.3. The first-order valence-corrected chi connectivity index (χ1v) is 12.5. The van der Waals surface area contributed by atoms with Gasteiger partial charge in [-0.05, 0) is 87.3 Å². The van der Waals surface area contributed by atoms with E-state index in [0.29, 0.717) is 16.7 Å². The minimum Gasteiger partial charge on any atom is -0.478 e. The Kier molecular flexibility index (Phi) is 7.35. The molecule has 2 aromatic carbocycles. The number of aromatic carboxylic acids is 1. The number of ether oxygens (including phenoxy) is 1. The number of rotatable bonds is 7. The van der Waals surface area contributed by atoms with Gasteiger partial charge in [-0.15, -0.1) is 0 Å². The van der Waals surface area contributed by atoms with Gasteiger partial charge < -0.3 is 9.84 Å². The van der Waals surface area contributed by atoms with Gasteiger partial charge in [0.15, 0.2) is 5.78 Å². The number of likely N-dealkylation sites (tertiary alicyclic amines) is 1. The highest BCUT2D eigenvalue weighted by Crippen LogP contribution is 2.44. The summed E-state index contributed by atoms with van der Waals surface area (Å²) in [6.45, 7) is 5.35. The van der Waals surface area contributed by atoms with E-state index < -0.39 is 35.4 Å². The van der Waals surface area contributed by atoms with E-state index >= 15 is 0 Å². The van der Waals surface area contributed by atoms with Crippen molar-refractivity contribution in [3.8, 4) is 17.2 Å². The molecule has 4 rings (SSSR count). The van der Waals surface area contributed by atoms with E-state index in [4.69, 9.17) is 9.84 Å². The van der Waals surface area contributed by atoms with E-state index in [0.717, 1.165) is 19.3 Å². The molecule has 7 nitrogen and oxygen atoms in total. The molecule has 0 spiro atoms. The third-order valence-corrected chi connectivity index (χ3v) is 7.13. The molecule has 2 aromatic rings. The van der Waals surface area contributed by atoms with Crippen LogP contribution in [-0.4, -0.2) is 45.5 Å². The molecule has 8 heteroatoms. The van der Waals surface area contributed by atoms with Crippen molar-refractivity contribution in [2.45, 2.75) is 70.6 Å². The van der Waals surface area contributed by atoms with Gasteiger partial charge in [-0.1, -0.05) is 24.3 Å². The normalized spacial score (nSPS) is 21.4. The summed E-state index contributed by atoms with van der Waals surface area (Å²) in [6.07, 6.45) is 1.97. The summed E-state index contributed by atoms with van der Waals surface area (Å²) >= 11 is 0. The maximum atomic E-state index is 15.0. The number of halogens is 1. The second-order valence-corrected chi connectivity index (χ2v) is 10.9. The number of Topliss-reactive ketones (excluding diaryl/α,β-unsaturated/α-hetero) is 1. The van der Waals surface area contributed by atoms with Crippen molar-refractivity contribution in [1.82, 2.24) is 4.90 Å². The van der Waals surface area contributed by atoms with Crippen LogP contribution in [0.5, 0.6) is 0 Å². The first-order valence-electron chi connectivity index (χ1n) is 12.5. The summed E-state index contributed by atoms with van der Waals surface area (Å²) in [5, 5.41) is 18.8. The van der Waals surface area contributed by atoms with Gasteiger partial charge >= 0.3 is 12.1 Å². The van der Waals surface area contributed by atoms with Crippen molar-refractivity contribution >= 4 is 17.8 Å². The SMILES string of the molecule is CC(C)(C)OC(=O)N1[C@@H]2CC[C@@H](C2)[C@H]1C(=O)C[C@H](C#N)Cc1ccc(-c2ccc(C(=O)O)cc2)cc1F. The fourth-order valence-electron chi connectivity index (χ4n) is 5.47. The number of carboxylic acid groups (broad SMARTS) is 1. The molecule has 2 fully saturated rings. The molecule has 1 saturated carbocycles. The zero-order valence-corrected chi connectivity index (χ0v) is 21.2. The zero-order chi connectivity index (χ0) is 26.9. The second-order valence-electron chi connectivity index (χ2n) is 10.9. The van der Waals surface area contributed by atoms with E-state index in [1.807, 2.05) is 0 Å².